The molecule has 2 aromatic rings. The SMILES string of the molecule is CCCn1nncc1-c1cccc(OC)c1O. The Labute approximate surface area is 99.7 Å². The van der Waals surface area contributed by atoms with Gasteiger partial charge in [0.05, 0.1) is 19.0 Å². The highest BCUT2D eigenvalue weighted by atomic mass is 16.5. The second-order valence-electron chi connectivity index (χ2n) is 3.70. The molecule has 2 rings (SSSR count). The molecule has 0 aliphatic rings. The van der Waals surface area contributed by atoms with Crippen LogP contribution in [0.15, 0.2) is 24.4 Å². The molecule has 0 amide bonds. The number of rotatable bonds is 4. The molecular formula is C12H15N3O2. The van der Waals surface area contributed by atoms with Gasteiger partial charge < -0.3 is 9.84 Å². The van der Waals surface area contributed by atoms with Gasteiger partial charge in [-0.05, 0) is 18.6 Å². The summed E-state index contributed by atoms with van der Waals surface area (Å²) in [6.07, 6.45) is 2.60. The van der Waals surface area contributed by atoms with Gasteiger partial charge in [0.15, 0.2) is 11.5 Å². The molecule has 0 fully saturated rings. The van der Waals surface area contributed by atoms with Gasteiger partial charge in [-0.2, -0.15) is 0 Å². The molecule has 5 nitrogen and oxygen atoms in total. The van der Waals surface area contributed by atoms with Gasteiger partial charge in [-0.3, -0.25) is 0 Å². The van der Waals surface area contributed by atoms with Crippen LogP contribution in [0.25, 0.3) is 11.3 Å². The predicted octanol–water partition coefficient (Wildman–Crippen LogP) is 2.07. The van der Waals surface area contributed by atoms with E-state index in [1.165, 1.54) is 7.11 Å². The lowest BCUT2D eigenvalue weighted by Gasteiger charge is -2.09. The van der Waals surface area contributed by atoms with Crippen LogP contribution in [0, 0.1) is 0 Å². The third kappa shape index (κ3) is 2.08. The van der Waals surface area contributed by atoms with E-state index in [1.54, 1.807) is 16.9 Å². The Morgan fingerprint density at radius 2 is 2.24 bits per heavy atom. The van der Waals surface area contributed by atoms with E-state index in [9.17, 15) is 5.11 Å². The number of benzene rings is 1. The molecule has 0 saturated heterocycles. The number of hydrogen-bond acceptors (Lipinski definition) is 4. The summed E-state index contributed by atoms with van der Waals surface area (Å²) in [4.78, 5) is 0. The Bertz CT molecular complexity index is 508. The van der Waals surface area contributed by atoms with E-state index < -0.39 is 0 Å². The van der Waals surface area contributed by atoms with E-state index in [-0.39, 0.29) is 5.75 Å². The second kappa shape index (κ2) is 4.86. The normalized spacial score (nSPS) is 10.5. The number of hydrogen-bond donors (Lipinski definition) is 1. The second-order valence-corrected chi connectivity index (χ2v) is 3.70. The molecule has 0 atom stereocenters. The minimum Gasteiger partial charge on any atom is -0.504 e. The topological polar surface area (TPSA) is 60.2 Å². The summed E-state index contributed by atoms with van der Waals surface area (Å²) < 4.78 is 6.86. The summed E-state index contributed by atoms with van der Waals surface area (Å²) in [5.41, 5.74) is 1.48. The fourth-order valence-corrected chi connectivity index (χ4v) is 1.74. The maximum atomic E-state index is 10.1. The first-order chi connectivity index (χ1) is 8.27. The molecule has 17 heavy (non-hydrogen) atoms. The Kier molecular flexibility index (Phi) is 3.27. The van der Waals surface area contributed by atoms with E-state index in [2.05, 4.69) is 17.2 Å². The van der Waals surface area contributed by atoms with Crippen molar-refractivity contribution in [2.45, 2.75) is 19.9 Å². The van der Waals surface area contributed by atoms with Crippen LogP contribution < -0.4 is 4.74 Å². The Hall–Kier alpha value is -2.04. The number of aromatic nitrogens is 3. The fourth-order valence-electron chi connectivity index (χ4n) is 1.74. The zero-order valence-electron chi connectivity index (χ0n) is 9.92. The van der Waals surface area contributed by atoms with Crippen LogP contribution in [-0.4, -0.2) is 27.2 Å². The Balaban J connectivity index is 2.49. The van der Waals surface area contributed by atoms with E-state index in [4.69, 9.17) is 4.74 Å². The number of aryl methyl sites for hydroxylation is 1. The van der Waals surface area contributed by atoms with Crippen LogP contribution in [0.3, 0.4) is 0 Å². The smallest absolute Gasteiger partial charge is 0.167 e. The zero-order chi connectivity index (χ0) is 12.3. The van der Waals surface area contributed by atoms with Crippen LogP contribution in [0.2, 0.25) is 0 Å². The van der Waals surface area contributed by atoms with Crippen molar-refractivity contribution in [3.05, 3.63) is 24.4 Å². The van der Waals surface area contributed by atoms with Crippen molar-refractivity contribution in [1.29, 1.82) is 0 Å². The van der Waals surface area contributed by atoms with Crippen LogP contribution >= 0.6 is 0 Å². The van der Waals surface area contributed by atoms with Gasteiger partial charge in [-0.25, -0.2) is 4.68 Å². The summed E-state index contributed by atoms with van der Waals surface area (Å²) in [5, 5.41) is 17.9. The number of phenols is 1. The van der Waals surface area contributed by atoms with Gasteiger partial charge in [0.25, 0.3) is 0 Å². The van der Waals surface area contributed by atoms with Gasteiger partial charge in [0.2, 0.25) is 0 Å². The molecule has 0 saturated carbocycles. The molecule has 0 bridgehead atoms. The number of aromatic hydroxyl groups is 1. The zero-order valence-corrected chi connectivity index (χ0v) is 9.92. The average molecular weight is 233 g/mol. The highest BCUT2D eigenvalue weighted by molar-refractivity contribution is 5.70. The van der Waals surface area contributed by atoms with E-state index >= 15 is 0 Å². The lowest BCUT2D eigenvalue weighted by Crippen LogP contribution is -2.01. The van der Waals surface area contributed by atoms with Crippen molar-refractivity contribution < 1.29 is 9.84 Å². The largest absolute Gasteiger partial charge is 0.504 e. The van der Waals surface area contributed by atoms with E-state index in [0.29, 0.717) is 11.3 Å². The molecule has 1 N–H and O–H groups in total. The fraction of sp³-hybridized carbons (Fsp3) is 0.333. The van der Waals surface area contributed by atoms with Crippen LogP contribution in [0.4, 0.5) is 0 Å². The average Bonchev–Trinajstić information content (AvgIpc) is 2.78. The highest BCUT2D eigenvalue weighted by Gasteiger charge is 2.13. The maximum Gasteiger partial charge on any atom is 0.167 e. The molecule has 0 aliphatic carbocycles. The van der Waals surface area contributed by atoms with Gasteiger partial charge in [-0.1, -0.05) is 18.2 Å². The third-order valence-corrected chi connectivity index (χ3v) is 2.55. The van der Waals surface area contributed by atoms with Crippen molar-refractivity contribution in [3.8, 4) is 22.8 Å². The van der Waals surface area contributed by atoms with Crippen molar-refractivity contribution in [2.24, 2.45) is 0 Å². The molecule has 5 heteroatoms. The molecule has 1 heterocycles. The number of phenolic OH excluding ortho intramolecular Hbond substituents is 1. The molecule has 0 aliphatic heterocycles. The maximum absolute atomic E-state index is 10.1. The summed E-state index contributed by atoms with van der Waals surface area (Å²) >= 11 is 0. The molecule has 1 aromatic heterocycles. The molecule has 0 spiro atoms. The number of methoxy groups -OCH3 is 1. The van der Waals surface area contributed by atoms with Crippen LogP contribution in [0.1, 0.15) is 13.3 Å². The molecule has 90 valence electrons. The highest BCUT2D eigenvalue weighted by Crippen LogP contribution is 2.36. The van der Waals surface area contributed by atoms with Crippen LogP contribution in [-0.2, 0) is 6.54 Å². The standard InChI is InChI=1S/C12H15N3O2/c1-3-7-15-10(8-13-14-15)9-5-4-6-11(17-2)12(9)16/h4-6,8,16H,3,7H2,1-2H3. The Morgan fingerprint density at radius 3 is 2.94 bits per heavy atom. The monoisotopic (exact) mass is 233 g/mol. The summed E-state index contributed by atoms with van der Waals surface area (Å²) in [6, 6.07) is 5.37. The first kappa shape index (κ1) is 11.4. The minimum absolute atomic E-state index is 0.120. The lowest BCUT2D eigenvalue weighted by molar-refractivity contribution is 0.374. The minimum atomic E-state index is 0.120. The predicted molar refractivity (Wildman–Crippen MR) is 64.0 cm³/mol. The van der Waals surface area contributed by atoms with Gasteiger partial charge in [-0.15, -0.1) is 5.10 Å². The molecule has 0 radical (unpaired) electrons. The molecule has 1 aromatic carbocycles. The van der Waals surface area contributed by atoms with Crippen LogP contribution in [0.5, 0.6) is 11.5 Å². The number of para-hydroxylation sites is 1. The summed E-state index contributed by atoms with van der Waals surface area (Å²) in [7, 11) is 1.53. The van der Waals surface area contributed by atoms with E-state index in [0.717, 1.165) is 18.7 Å². The summed E-state index contributed by atoms with van der Waals surface area (Å²) in [5.74, 6) is 0.571. The Morgan fingerprint density at radius 1 is 1.41 bits per heavy atom. The third-order valence-electron chi connectivity index (χ3n) is 2.55. The lowest BCUT2D eigenvalue weighted by atomic mass is 10.1. The van der Waals surface area contributed by atoms with Crippen molar-refractivity contribution in [1.82, 2.24) is 15.0 Å². The van der Waals surface area contributed by atoms with Crippen molar-refractivity contribution in [3.63, 3.8) is 0 Å². The first-order valence-electron chi connectivity index (χ1n) is 5.52. The van der Waals surface area contributed by atoms with Gasteiger partial charge in [0.1, 0.15) is 0 Å². The molecule has 0 unspecified atom stereocenters. The molecular weight excluding hydrogens is 218 g/mol. The van der Waals surface area contributed by atoms with E-state index in [1.807, 2.05) is 12.1 Å². The first-order valence-corrected chi connectivity index (χ1v) is 5.52. The van der Waals surface area contributed by atoms with Gasteiger partial charge in [0, 0.05) is 12.1 Å². The number of nitrogens with zero attached hydrogens (tertiary/aromatic N) is 3. The van der Waals surface area contributed by atoms with Crippen molar-refractivity contribution in [2.75, 3.05) is 7.11 Å². The number of ether oxygens (including phenoxy) is 1. The van der Waals surface area contributed by atoms with Gasteiger partial charge >= 0.3 is 0 Å². The summed E-state index contributed by atoms with van der Waals surface area (Å²) in [6.45, 7) is 2.84. The quantitative estimate of drug-likeness (QED) is 0.878. The van der Waals surface area contributed by atoms with Crippen molar-refractivity contribution >= 4 is 0 Å².